The molecular formula is C14H24N2O3S. The Kier molecular flexibility index (Phi) is 5.18. The summed E-state index contributed by atoms with van der Waals surface area (Å²) in [6, 6.07) is 4.45. The van der Waals surface area contributed by atoms with Crippen LogP contribution in [0.3, 0.4) is 0 Å². The number of sulfonamides is 1. The maximum atomic E-state index is 12.4. The van der Waals surface area contributed by atoms with Crippen molar-refractivity contribution in [3.05, 3.63) is 23.8 Å². The van der Waals surface area contributed by atoms with E-state index in [1.54, 1.807) is 19.2 Å². The lowest BCUT2D eigenvalue weighted by atomic mass is 9.88. The van der Waals surface area contributed by atoms with Gasteiger partial charge >= 0.3 is 0 Å². The van der Waals surface area contributed by atoms with Crippen molar-refractivity contribution in [1.29, 1.82) is 0 Å². The molecule has 114 valence electrons. The molecule has 1 unspecified atom stereocenters. The van der Waals surface area contributed by atoms with Crippen LogP contribution in [-0.4, -0.2) is 28.1 Å². The molecule has 1 aromatic carbocycles. The molecule has 0 aliphatic heterocycles. The van der Waals surface area contributed by atoms with Gasteiger partial charge in [0, 0.05) is 12.6 Å². The Balaban J connectivity index is 3.08. The van der Waals surface area contributed by atoms with Crippen molar-refractivity contribution in [3.63, 3.8) is 0 Å². The van der Waals surface area contributed by atoms with Gasteiger partial charge in [-0.2, -0.15) is 0 Å². The third-order valence-electron chi connectivity index (χ3n) is 3.26. The minimum Gasteiger partial charge on any atom is -0.496 e. The number of nitrogens with two attached hydrogens (primary N) is 1. The largest absolute Gasteiger partial charge is 0.496 e. The number of hydrogen-bond acceptors (Lipinski definition) is 4. The van der Waals surface area contributed by atoms with Crippen LogP contribution in [0.15, 0.2) is 23.1 Å². The first-order valence-electron chi connectivity index (χ1n) is 6.49. The Morgan fingerprint density at radius 2 is 1.95 bits per heavy atom. The number of benzene rings is 1. The first-order valence-corrected chi connectivity index (χ1v) is 7.97. The monoisotopic (exact) mass is 300 g/mol. The molecule has 1 atom stereocenters. The molecule has 20 heavy (non-hydrogen) atoms. The molecule has 1 aromatic rings. The average Bonchev–Trinajstić information content (AvgIpc) is 2.34. The van der Waals surface area contributed by atoms with Gasteiger partial charge in [0.2, 0.25) is 10.0 Å². The van der Waals surface area contributed by atoms with Gasteiger partial charge < -0.3 is 10.5 Å². The van der Waals surface area contributed by atoms with Crippen LogP contribution in [0.1, 0.15) is 26.3 Å². The fourth-order valence-corrected chi connectivity index (χ4v) is 3.39. The van der Waals surface area contributed by atoms with Gasteiger partial charge in [0.1, 0.15) is 5.75 Å². The second-order valence-corrected chi connectivity index (χ2v) is 7.62. The first-order chi connectivity index (χ1) is 9.11. The zero-order valence-corrected chi connectivity index (χ0v) is 13.5. The summed E-state index contributed by atoms with van der Waals surface area (Å²) in [6.07, 6.45) is 0. The number of nitrogens with one attached hydrogen (secondary N) is 1. The van der Waals surface area contributed by atoms with E-state index in [4.69, 9.17) is 10.5 Å². The summed E-state index contributed by atoms with van der Waals surface area (Å²) < 4.78 is 32.6. The van der Waals surface area contributed by atoms with Crippen LogP contribution in [-0.2, 0) is 10.0 Å². The van der Waals surface area contributed by atoms with Gasteiger partial charge in [0.05, 0.1) is 12.0 Å². The molecular weight excluding hydrogens is 276 g/mol. The zero-order chi connectivity index (χ0) is 15.6. The molecule has 6 heteroatoms. The number of methoxy groups -OCH3 is 1. The fourth-order valence-electron chi connectivity index (χ4n) is 1.85. The Labute approximate surface area is 121 Å². The van der Waals surface area contributed by atoms with Crippen LogP contribution in [0.5, 0.6) is 5.75 Å². The Hall–Kier alpha value is -1.11. The van der Waals surface area contributed by atoms with E-state index in [0.717, 1.165) is 5.56 Å². The fraction of sp³-hybridized carbons (Fsp3) is 0.571. The van der Waals surface area contributed by atoms with Crippen LogP contribution in [0.4, 0.5) is 0 Å². The smallest absolute Gasteiger partial charge is 0.240 e. The van der Waals surface area contributed by atoms with Gasteiger partial charge in [-0.05, 0) is 36.1 Å². The van der Waals surface area contributed by atoms with E-state index in [2.05, 4.69) is 4.72 Å². The van der Waals surface area contributed by atoms with Gasteiger partial charge in [0.25, 0.3) is 0 Å². The van der Waals surface area contributed by atoms with E-state index < -0.39 is 10.0 Å². The van der Waals surface area contributed by atoms with Crippen LogP contribution < -0.4 is 15.2 Å². The van der Waals surface area contributed by atoms with Gasteiger partial charge in [0.15, 0.2) is 0 Å². The summed E-state index contributed by atoms with van der Waals surface area (Å²) in [5.41, 5.74) is 6.20. The second kappa shape index (κ2) is 6.11. The van der Waals surface area contributed by atoms with E-state index in [0.29, 0.717) is 5.75 Å². The quantitative estimate of drug-likeness (QED) is 0.866. The SMILES string of the molecule is COc1ccc(S(=O)(=O)NC(CN)C(C)(C)C)cc1C. The predicted molar refractivity (Wildman–Crippen MR) is 80.3 cm³/mol. The molecule has 0 bridgehead atoms. The normalized spacial score (nSPS) is 14.1. The average molecular weight is 300 g/mol. The van der Waals surface area contributed by atoms with Crippen molar-refractivity contribution in [2.75, 3.05) is 13.7 Å². The van der Waals surface area contributed by atoms with Crippen LogP contribution in [0.2, 0.25) is 0 Å². The van der Waals surface area contributed by atoms with Crippen molar-refractivity contribution in [2.45, 2.75) is 38.6 Å². The van der Waals surface area contributed by atoms with E-state index in [1.165, 1.54) is 6.07 Å². The van der Waals surface area contributed by atoms with Crippen LogP contribution in [0, 0.1) is 12.3 Å². The highest BCUT2D eigenvalue weighted by atomic mass is 32.2. The maximum absolute atomic E-state index is 12.4. The minimum absolute atomic E-state index is 0.221. The first kappa shape index (κ1) is 16.9. The molecule has 1 rings (SSSR count). The van der Waals surface area contributed by atoms with Crippen molar-refractivity contribution in [1.82, 2.24) is 4.72 Å². The lowest BCUT2D eigenvalue weighted by molar-refractivity contribution is 0.304. The van der Waals surface area contributed by atoms with E-state index in [1.807, 2.05) is 27.7 Å². The van der Waals surface area contributed by atoms with Crippen LogP contribution in [0.25, 0.3) is 0 Å². The highest BCUT2D eigenvalue weighted by molar-refractivity contribution is 7.89. The molecule has 0 aromatic heterocycles. The second-order valence-electron chi connectivity index (χ2n) is 5.91. The third kappa shape index (κ3) is 3.94. The molecule has 0 radical (unpaired) electrons. The number of hydrogen-bond donors (Lipinski definition) is 2. The van der Waals surface area contributed by atoms with Gasteiger partial charge in [-0.15, -0.1) is 0 Å². The predicted octanol–water partition coefficient (Wildman–Crippen LogP) is 1.66. The Morgan fingerprint density at radius 1 is 1.35 bits per heavy atom. The molecule has 0 amide bonds. The minimum atomic E-state index is -3.59. The Bertz CT molecular complexity index is 562. The summed E-state index contributed by atoms with van der Waals surface area (Å²) in [4.78, 5) is 0.221. The number of aryl methyl sites for hydroxylation is 1. The summed E-state index contributed by atoms with van der Waals surface area (Å²) >= 11 is 0. The van der Waals surface area contributed by atoms with Crippen molar-refractivity contribution in [3.8, 4) is 5.75 Å². The molecule has 0 fully saturated rings. The van der Waals surface area contributed by atoms with Crippen molar-refractivity contribution >= 4 is 10.0 Å². The van der Waals surface area contributed by atoms with E-state index in [9.17, 15) is 8.42 Å². The molecule has 0 heterocycles. The Morgan fingerprint density at radius 3 is 2.35 bits per heavy atom. The highest BCUT2D eigenvalue weighted by Crippen LogP contribution is 2.24. The molecule has 0 aliphatic carbocycles. The third-order valence-corrected chi connectivity index (χ3v) is 4.72. The van der Waals surface area contributed by atoms with Gasteiger partial charge in [-0.1, -0.05) is 20.8 Å². The van der Waals surface area contributed by atoms with E-state index in [-0.39, 0.29) is 22.9 Å². The number of ether oxygens (including phenoxy) is 1. The summed E-state index contributed by atoms with van der Waals surface area (Å²) in [5.74, 6) is 0.662. The zero-order valence-electron chi connectivity index (χ0n) is 12.7. The standard InChI is InChI=1S/C14H24N2O3S/c1-10-8-11(6-7-12(10)19-5)20(17,18)16-13(9-15)14(2,3)4/h6-8,13,16H,9,15H2,1-5H3. The molecule has 3 N–H and O–H groups in total. The molecule has 0 saturated heterocycles. The van der Waals surface area contributed by atoms with Gasteiger partial charge in [-0.25, -0.2) is 13.1 Å². The molecule has 0 aliphatic rings. The lowest BCUT2D eigenvalue weighted by Crippen LogP contribution is -2.48. The topological polar surface area (TPSA) is 81.4 Å². The molecule has 0 saturated carbocycles. The van der Waals surface area contributed by atoms with Crippen LogP contribution >= 0.6 is 0 Å². The van der Waals surface area contributed by atoms with Crippen molar-refractivity contribution in [2.24, 2.45) is 11.1 Å². The number of rotatable bonds is 5. The lowest BCUT2D eigenvalue weighted by Gasteiger charge is -2.30. The maximum Gasteiger partial charge on any atom is 0.240 e. The molecule has 5 nitrogen and oxygen atoms in total. The highest BCUT2D eigenvalue weighted by Gasteiger charge is 2.28. The summed E-state index contributed by atoms with van der Waals surface area (Å²) in [5, 5.41) is 0. The van der Waals surface area contributed by atoms with Crippen molar-refractivity contribution < 1.29 is 13.2 Å². The molecule has 0 spiro atoms. The van der Waals surface area contributed by atoms with E-state index >= 15 is 0 Å². The summed E-state index contributed by atoms with van der Waals surface area (Å²) in [7, 11) is -2.03. The van der Waals surface area contributed by atoms with Gasteiger partial charge in [-0.3, -0.25) is 0 Å². The summed E-state index contributed by atoms with van der Waals surface area (Å²) in [6.45, 7) is 7.91.